The summed E-state index contributed by atoms with van der Waals surface area (Å²) >= 11 is 0. The van der Waals surface area contributed by atoms with E-state index in [1.165, 1.54) is 12.1 Å². The lowest BCUT2D eigenvalue weighted by molar-refractivity contribution is -0.384. The fourth-order valence-electron chi connectivity index (χ4n) is 4.11. The van der Waals surface area contributed by atoms with Crippen LogP contribution in [-0.2, 0) is 4.79 Å². The van der Waals surface area contributed by atoms with Crippen LogP contribution in [-0.4, -0.2) is 10.7 Å². The van der Waals surface area contributed by atoms with E-state index in [2.05, 4.69) is 6.07 Å². The minimum absolute atomic E-state index is 0.0178. The summed E-state index contributed by atoms with van der Waals surface area (Å²) in [6.45, 7) is 0. The van der Waals surface area contributed by atoms with E-state index in [1.807, 2.05) is 30.3 Å². The molecule has 1 aliphatic heterocycles. The molecule has 7 nitrogen and oxygen atoms in total. The maximum Gasteiger partial charge on any atom is 0.271 e. The molecule has 2 aromatic carbocycles. The lowest BCUT2D eigenvalue weighted by Gasteiger charge is -2.39. The van der Waals surface area contributed by atoms with Crippen LogP contribution in [0, 0.1) is 21.4 Å². The largest absolute Gasteiger partial charge is 0.384 e. The van der Waals surface area contributed by atoms with Crippen molar-refractivity contribution in [2.45, 2.75) is 25.2 Å². The molecular formula is C22H18N4O3. The molecule has 0 fully saturated rings. The Morgan fingerprint density at radius 1 is 1.14 bits per heavy atom. The smallest absolute Gasteiger partial charge is 0.271 e. The van der Waals surface area contributed by atoms with E-state index >= 15 is 0 Å². The monoisotopic (exact) mass is 386 g/mol. The normalized spacial score (nSPS) is 19.1. The molecule has 0 radical (unpaired) electrons. The van der Waals surface area contributed by atoms with Crippen LogP contribution in [0.5, 0.6) is 0 Å². The molecule has 4 rings (SSSR count). The minimum Gasteiger partial charge on any atom is -0.384 e. The third kappa shape index (κ3) is 3.05. The fraction of sp³-hybridized carbons (Fsp3) is 0.182. The van der Waals surface area contributed by atoms with Gasteiger partial charge in [0.25, 0.3) is 5.69 Å². The number of allylic oxidation sites excluding steroid dienone is 3. The Balaban J connectivity index is 1.96. The summed E-state index contributed by atoms with van der Waals surface area (Å²) in [7, 11) is 0. The third-order valence-corrected chi connectivity index (χ3v) is 5.34. The molecule has 29 heavy (non-hydrogen) atoms. The number of nitriles is 1. The lowest BCUT2D eigenvalue weighted by atomic mass is 9.75. The summed E-state index contributed by atoms with van der Waals surface area (Å²) in [6.07, 6.45) is 1.68. The van der Waals surface area contributed by atoms with Gasteiger partial charge in [-0.1, -0.05) is 36.4 Å². The summed E-state index contributed by atoms with van der Waals surface area (Å²) < 4.78 is 0. The third-order valence-electron chi connectivity index (χ3n) is 5.34. The molecule has 1 aliphatic carbocycles. The van der Waals surface area contributed by atoms with Gasteiger partial charge in [0.15, 0.2) is 5.78 Å². The lowest BCUT2D eigenvalue weighted by Crippen LogP contribution is -2.38. The summed E-state index contributed by atoms with van der Waals surface area (Å²) in [5.41, 5.74) is 9.20. The molecule has 0 saturated carbocycles. The summed E-state index contributed by atoms with van der Waals surface area (Å²) in [5, 5.41) is 21.2. The molecule has 0 unspecified atom stereocenters. The van der Waals surface area contributed by atoms with Crippen molar-refractivity contribution in [2.75, 3.05) is 4.90 Å². The number of nitrogens with two attached hydrogens (primary N) is 1. The Morgan fingerprint density at radius 3 is 2.59 bits per heavy atom. The van der Waals surface area contributed by atoms with Crippen molar-refractivity contribution < 1.29 is 9.72 Å². The molecular weight excluding hydrogens is 368 g/mol. The van der Waals surface area contributed by atoms with Crippen molar-refractivity contribution in [2.24, 2.45) is 5.73 Å². The van der Waals surface area contributed by atoms with Gasteiger partial charge >= 0.3 is 0 Å². The molecule has 0 spiro atoms. The standard InChI is InChI=1S/C22H18N4O3/c23-13-17-20(14-6-2-1-3-7-14)21-18(10-5-11-19(21)27)25(22(17)24)15-8-4-9-16(12-15)26(28)29/h1-4,6-9,12,20H,5,10-11,24H2/t20-/m1/s1. The molecule has 7 heteroatoms. The number of ketones is 1. The number of rotatable bonds is 3. The van der Waals surface area contributed by atoms with Crippen LogP contribution in [0.4, 0.5) is 11.4 Å². The van der Waals surface area contributed by atoms with Crippen molar-refractivity contribution in [1.29, 1.82) is 5.26 Å². The number of hydrogen-bond acceptors (Lipinski definition) is 6. The van der Waals surface area contributed by atoms with Crippen molar-refractivity contribution in [3.05, 3.63) is 92.9 Å². The number of hydrogen-bond donors (Lipinski definition) is 1. The second-order valence-electron chi connectivity index (χ2n) is 7.00. The number of Topliss-reactive ketones (excluding diaryl/α,β-unsaturated/α-hetero) is 1. The van der Waals surface area contributed by atoms with Gasteiger partial charge < -0.3 is 5.73 Å². The molecule has 0 amide bonds. The average Bonchev–Trinajstić information content (AvgIpc) is 2.73. The molecule has 2 aromatic rings. The topological polar surface area (TPSA) is 113 Å². The van der Waals surface area contributed by atoms with Crippen LogP contribution in [0.1, 0.15) is 30.7 Å². The molecule has 2 N–H and O–H groups in total. The number of nitro benzene ring substituents is 1. The van der Waals surface area contributed by atoms with Crippen LogP contribution < -0.4 is 10.6 Å². The number of nitrogens with zero attached hydrogens (tertiary/aromatic N) is 3. The van der Waals surface area contributed by atoms with E-state index in [9.17, 15) is 20.2 Å². The quantitative estimate of drug-likeness (QED) is 0.632. The Hall–Kier alpha value is -3.92. The Morgan fingerprint density at radius 2 is 1.90 bits per heavy atom. The molecule has 1 heterocycles. The van der Waals surface area contributed by atoms with Gasteiger partial charge in [0.1, 0.15) is 5.82 Å². The zero-order chi connectivity index (χ0) is 20.5. The van der Waals surface area contributed by atoms with E-state index in [4.69, 9.17) is 5.73 Å². The maximum absolute atomic E-state index is 13.0. The first-order valence-corrected chi connectivity index (χ1v) is 9.28. The molecule has 144 valence electrons. The predicted molar refractivity (Wildman–Crippen MR) is 107 cm³/mol. The van der Waals surface area contributed by atoms with Gasteiger partial charge in [0.05, 0.1) is 28.2 Å². The number of nitro groups is 1. The van der Waals surface area contributed by atoms with Gasteiger partial charge in [-0.15, -0.1) is 0 Å². The summed E-state index contributed by atoms with van der Waals surface area (Å²) in [4.78, 5) is 25.4. The first-order valence-electron chi connectivity index (χ1n) is 9.28. The van der Waals surface area contributed by atoms with Crippen molar-refractivity contribution in [1.82, 2.24) is 0 Å². The van der Waals surface area contributed by atoms with Crippen molar-refractivity contribution >= 4 is 17.2 Å². The zero-order valence-electron chi connectivity index (χ0n) is 15.5. The van der Waals surface area contributed by atoms with Gasteiger partial charge in [-0.25, -0.2) is 0 Å². The van der Waals surface area contributed by atoms with E-state index in [-0.39, 0.29) is 22.9 Å². The molecule has 0 saturated heterocycles. The first kappa shape index (κ1) is 18.4. The van der Waals surface area contributed by atoms with Gasteiger partial charge in [0.2, 0.25) is 0 Å². The van der Waals surface area contributed by atoms with Crippen LogP contribution in [0.3, 0.4) is 0 Å². The highest BCUT2D eigenvalue weighted by Gasteiger charge is 2.40. The van der Waals surface area contributed by atoms with Crippen molar-refractivity contribution in [3.8, 4) is 6.07 Å². The summed E-state index contributed by atoms with van der Waals surface area (Å²) in [6, 6.07) is 17.6. The van der Waals surface area contributed by atoms with Crippen LogP contribution in [0.2, 0.25) is 0 Å². The highest BCUT2D eigenvalue weighted by molar-refractivity contribution is 6.01. The first-order chi connectivity index (χ1) is 14.0. The molecule has 1 atom stereocenters. The Kier molecular flexibility index (Phi) is 4.61. The fourth-order valence-corrected chi connectivity index (χ4v) is 4.11. The van der Waals surface area contributed by atoms with Gasteiger partial charge in [-0.05, 0) is 24.5 Å². The van der Waals surface area contributed by atoms with E-state index in [1.54, 1.807) is 17.0 Å². The van der Waals surface area contributed by atoms with Crippen LogP contribution >= 0.6 is 0 Å². The predicted octanol–water partition coefficient (Wildman–Crippen LogP) is 3.90. The SMILES string of the molecule is N#CC1=C(N)N(c2cccc([N+](=O)[O-])c2)C2=C(C(=O)CCC2)[C@@H]1c1ccccc1. The molecule has 0 bridgehead atoms. The van der Waals surface area contributed by atoms with E-state index in [0.717, 1.165) is 5.56 Å². The van der Waals surface area contributed by atoms with Gasteiger partial charge in [-0.2, -0.15) is 5.26 Å². The summed E-state index contributed by atoms with van der Waals surface area (Å²) in [5.74, 6) is -0.343. The molecule has 0 aromatic heterocycles. The van der Waals surface area contributed by atoms with Crippen molar-refractivity contribution in [3.63, 3.8) is 0 Å². The second-order valence-corrected chi connectivity index (χ2v) is 7.00. The number of carbonyl (C=O) groups is 1. The Bertz CT molecular complexity index is 1110. The number of benzene rings is 2. The highest BCUT2D eigenvalue weighted by Crippen LogP contribution is 2.46. The minimum atomic E-state index is -0.529. The molecule has 2 aliphatic rings. The average molecular weight is 386 g/mol. The van der Waals surface area contributed by atoms with Gasteiger partial charge in [-0.3, -0.25) is 19.8 Å². The van der Waals surface area contributed by atoms with E-state index < -0.39 is 10.8 Å². The number of anilines is 1. The van der Waals surface area contributed by atoms with Crippen LogP contribution in [0.25, 0.3) is 0 Å². The highest BCUT2D eigenvalue weighted by atomic mass is 16.6. The van der Waals surface area contributed by atoms with E-state index in [0.29, 0.717) is 36.2 Å². The second kappa shape index (κ2) is 7.24. The van der Waals surface area contributed by atoms with Crippen LogP contribution in [0.15, 0.2) is 77.3 Å². The van der Waals surface area contributed by atoms with Gasteiger partial charge in [0, 0.05) is 29.8 Å². The zero-order valence-corrected chi connectivity index (χ0v) is 15.5. The Labute approximate surface area is 167 Å². The number of carbonyl (C=O) groups excluding carboxylic acids is 1. The maximum atomic E-state index is 13.0. The number of non-ortho nitro benzene ring substituents is 1.